The van der Waals surface area contributed by atoms with Crippen LogP contribution in [-0.4, -0.2) is 36.3 Å². The Balaban J connectivity index is 1.61. The van der Waals surface area contributed by atoms with Gasteiger partial charge in [0, 0.05) is 17.2 Å². The number of esters is 1. The number of nitro groups is 1. The van der Waals surface area contributed by atoms with E-state index in [9.17, 15) is 14.9 Å². The summed E-state index contributed by atoms with van der Waals surface area (Å²) in [6.07, 6.45) is -0.442. The molecule has 0 saturated carbocycles. The number of carbonyl (C=O) groups is 1. The van der Waals surface area contributed by atoms with Crippen LogP contribution in [0.15, 0.2) is 48.5 Å². The summed E-state index contributed by atoms with van der Waals surface area (Å²) in [5, 5.41) is 14.8. The summed E-state index contributed by atoms with van der Waals surface area (Å²) < 4.78 is 11.2. The van der Waals surface area contributed by atoms with Gasteiger partial charge in [0.2, 0.25) is 0 Å². The summed E-state index contributed by atoms with van der Waals surface area (Å²) >= 11 is 5.93. The van der Waals surface area contributed by atoms with Crippen molar-refractivity contribution >= 4 is 23.3 Å². The van der Waals surface area contributed by atoms with Crippen molar-refractivity contribution in [1.29, 1.82) is 0 Å². The first-order valence-corrected chi connectivity index (χ1v) is 8.86. The average molecular weight is 391 g/mol. The molecule has 0 aromatic heterocycles. The molecule has 3 atom stereocenters. The fourth-order valence-corrected chi connectivity index (χ4v) is 2.99. The quantitative estimate of drug-likeness (QED) is 0.477. The SMILES string of the molecule is C[C@H](OC(=O)c1ccc([N+](=O)[O-])cc1)[C@H]1COC[C@@H](c2ccc(Cl)cc2)N1. The lowest BCUT2D eigenvalue weighted by Crippen LogP contribution is -2.50. The second kappa shape index (κ2) is 8.47. The van der Waals surface area contributed by atoms with Gasteiger partial charge in [-0.3, -0.25) is 15.4 Å². The molecular formula is C19H19ClN2O5. The van der Waals surface area contributed by atoms with Gasteiger partial charge in [-0.1, -0.05) is 23.7 Å². The van der Waals surface area contributed by atoms with Crippen molar-refractivity contribution in [3.8, 4) is 0 Å². The zero-order valence-corrected chi connectivity index (χ0v) is 15.4. The van der Waals surface area contributed by atoms with E-state index in [0.29, 0.717) is 18.2 Å². The molecule has 1 saturated heterocycles. The Bertz CT molecular complexity index is 810. The van der Waals surface area contributed by atoms with Crippen LogP contribution in [0.1, 0.15) is 28.9 Å². The van der Waals surface area contributed by atoms with Crippen molar-refractivity contribution in [3.05, 3.63) is 74.8 Å². The van der Waals surface area contributed by atoms with Crippen LogP contribution in [0.4, 0.5) is 5.69 Å². The average Bonchev–Trinajstić information content (AvgIpc) is 2.68. The molecule has 3 rings (SSSR count). The Morgan fingerprint density at radius 3 is 2.52 bits per heavy atom. The van der Waals surface area contributed by atoms with E-state index in [0.717, 1.165) is 5.56 Å². The van der Waals surface area contributed by atoms with Crippen LogP contribution < -0.4 is 5.32 Å². The van der Waals surface area contributed by atoms with E-state index in [1.807, 2.05) is 24.3 Å². The molecule has 0 unspecified atom stereocenters. The van der Waals surface area contributed by atoms with Crippen molar-refractivity contribution < 1.29 is 19.2 Å². The predicted octanol–water partition coefficient (Wildman–Crippen LogP) is 3.52. The fourth-order valence-electron chi connectivity index (χ4n) is 2.86. The zero-order valence-electron chi connectivity index (χ0n) is 14.6. The maximum atomic E-state index is 12.3. The molecule has 1 N–H and O–H groups in total. The van der Waals surface area contributed by atoms with Gasteiger partial charge in [0.1, 0.15) is 6.10 Å². The van der Waals surface area contributed by atoms with Gasteiger partial charge in [-0.25, -0.2) is 4.79 Å². The molecule has 0 bridgehead atoms. The minimum atomic E-state index is -0.534. The van der Waals surface area contributed by atoms with Gasteiger partial charge in [-0.2, -0.15) is 0 Å². The molecule has 0 radical (unpaired) electrons. The lowest BCUT2D eigenvalue weighted by Gasteiger charge is -2.34. The van der Waals surface area contributed by atoms with Gasteiger partial charge in [0.05, 0.1) is 35.8 Å². The molecule has 0 spiro atoms. The highest BCUT2D eigenvalue weighted by molar-refractivity contribution is 6.30. The highest BCUT2D eigenvalue weighted by Crippen LogP contribution is 2.22. The predicted molar refractivity (Wildman–Crippen MR) is 99.9 cm³/mol. The number of rotatable bonds is 5. The molecule has 1 aliphatic rings. The normalized spacial score (nSPS) is 20.7. The third kappa shape index (κ3) is 4.82. The summed E-state index contributed by atoms with van der Waals surface area (Å²) in [5.41, 5.74) is 1.23. The summed E-state index contributed by atoms with van der Waals surface area (Å²) in [6.45, 7) is 2.72. The number of halogens is 1. The molecule has 27 heavy (non-hydrogen) atoms. The van der Waals surface area contributed by atoms with Crippen LogP contribution in [0.5, 0.6) is 0 Å². The lowest BCUT2D eigenvalue weighted by atomic mass is 10.0. The maximum Gasteiger partial charge on any atom is 0.338 e. The van der Waals surface area contributed by atoms with E-state index < -0.39 is 17.0 Å². The topological polar surface area (TPSA) is 90.7 Å². The second-order valence-electron chi connectivity index (χ2n) is 6.33. The monoisotopic (exact) mass is 390 g/mol. The maximum absolute atomic E-state index is 12.3. The Labute approximate surface area is 161 Å². The molecule has 1 fully saturated rings. The summed E-state index contributed by atoms with van der Waals surface area (Å²) in [4.78, 5) is 22.5. The van der Waals surface area contributed by atoms with Gasteiger partial charge in [0.25, 0.3) is 5.69 Å². The summed E-state index contributed by atoms with van der Waals surface area (Å²) in [7, 11) is 0. The first-order chi connectivity index (χ1) is 12.9. The number of hydrogen-bond donors (Lipinski definition) is 1. The van der Waals surface area contributed by atoms with Crippen LogP contribution in [0, 0.1) is 10.1 Å². The van der Waals surface area contributed by atoms with E-state index >= 15 is 0 Å². The third-order valence-corrected chi connectivity index (χ3v) is 4.69. The molecule has 1 heterocycles. The largest absolute Gasteiger partial charge is 0.457 e. The Morgan fingerprint density at radius 2 is 1.89 bits per heavy atom. The van der Waals surface area contributed by atoms with Crippen molar-refractivity contribution in [1.82, 2.24) is 5.32 Å². The van der Waals surface area contributed by atoms with Crippen LogP contribution in [0.25, 0.3) is 0 Å². The number of ether oxygens (including phenoxy) is 2. The number of non-ortho nitro benzene ring substituents is 1. The van der Waals surface area contributed by atoms with Crippen LogP contribution >= 0.6 is 11.6 Å². The number of nitrogens with one attached hydrogen (secondary N) is 1. The molecule has 8 heteroatoms. The standard InChI is InChI=1S/C19H19ClN2O5/c1-12(27-19(23)14-4-8-16(9-5-14)22(24)25)17-10-26-11-18(21-17)13-2-6-15(20)7-3-13/h2-9,12,17-18,21H,10-11H2,1H3/t12-,17+,18-/m0/s1. The number of carbonyl (C=O) groups excluding carboxylic acids is 1. The molecule has 7 nitrogen and oxygen atoms in total. The Morgan fingerprint density at radius 1 is 1.22 bits per heavy atom. The van der Waals surface area contributed by atoms with E-state index in [-0.39, 0.29) is 23.3 Å². The molecule has 0 aliphatic carbocycles. The van der Waals surface area contributed by atoms with Gasteiger partial charge < -0.3 is 9.47 Å². The van der Waals surface area contributed by atoms with Crippen LogP contribution in [0.2, 0.25) is 5.02 Å². The number of nitrogens with zero attached hydrogens (tertiary/aromatic N) is 1. The van der Waals surface area contributed by atoms with E-state index in [1.165, 1.54) is 24.3 Å². The van der Waals surface area contributed by atoms with E-state index in [4.69, 9.17) is 21.1 Å². The summed E-state index contributed by atoms with van der Waals surface area (Å²) in [5.74, 6) is -0.534. The van der Waals surface area contributed by atoms with E-state index in [2.05, 4.69) is 5.32 Å². The second-order valence-corrected chi connectivity index (χ2v) is 6.77. The minimum absolute atomic E-state index is 0.0263. The molecule has 2 aromatic carbocycles. The van der Waals surface area contributed by atoms with Gasteiger partial charge in [-0.15, -0.1) is 0 Å². The van der Waals surface area contributed by atoms with Crippen molar-refractivity contribution in [2.75, 3.05) is 13.2 Å². The third-order valence-electron chi connectivity index (χ3n) is 4.44. The summed E-state index contributed by atoms with van der Waals surface area (Å²) in [6, 6.07) is 12.6. The number of morpholine rings is 1. The number of nitro benzene ring substituents is 1. The van der Waals surface area contributed by atoms with Crippen molar-refractivity contribution in [2.45, 2.75) is 25.1 Å². The fraction of sp³-hybridized carbons (Fsp3) is 0.316. The molecule has 1 aliphatic heterocycles. The zero-order chi connectivity index (χ0) is 19.4. The van der Waals surface area contributed by atoms with E-state index in [1.54, 1.807) is 6.92 Å². The smallest absolute Gasteiger partial charge is 0.338 e. The first kappa shape index (κ1) is 19.3. The number of hydrogen-bond acceptors (Lipinski definition) is 6. The van der Waals surface area contributed by atoms with Crippen molar-refractivity contribution in [3.63, 3.8) is 0 Å². The minimum Gasteiger partial charge on any atom is -0.457 e. The Hall–Kier alpha value is -2.48. The van der Waals surface area contributed by atoms with Crippen molar-refractivity contribution in [2.24, 2.45) is 0 Å². The number of benzene rings is 2. The van der Waals surface area contributed by atoms with Crippen LogP contribution in [-0.2, 0) is 9.47 Å². The highest BCUT2D eigenvalue weighted by Gasteiger charge is 2.29. The Kier molecular flexibility index (Phi) is 6.05. The lowest BCUT2D eigenvalue weighted by molar-refractivity contribution is -0.384. The molecule has 142 valence electrons. The molecule has 2 aromatic rings. The molecular weight excluding hydrogens is 372 g/mol. The van der Waals surface area contributed by atoms with Crippen LogP contribution in [0.3, 0.4) is 0 Å². The first-order valence-electron chi connectivity index (χ1n) is 8.48. The van der Waals surface area contributed by atoms with Gasteiger partial charge in [0.15, 0.2) is 0 Å². The highest BCUT2D eigenvalue weighted by atomic mass is 35.5. The molecule has 0 amide bonds. The van der Waals surface area contributed by atoms with Gasteiger partial charge >= 0.3 is 5.97 Å². The van der Waals surface area contributed by atoms with Gasteiger partial charge in [-0.05, 0) is 36.8 Å².